The molecular formula is C14H15N3O2. The molecule has 98 valence electrons. The van der Waals surface area contributed by atoms with Gasteiger partial charge < -0.3 is 15.1 Å². The van der Waals surface area contributed by atoms with Gasteiger partial charge in [-0.25, -0.2) is 4.98 Å². The third kappa shape index (κ3) is 3.05. The smallest absolute Gasteiger partial charge is 0.242 e. The van der Waals surface area contributed by atoms with Crippen molar-refractivity contribution < 1.29 is 9.21 Å². The van der Waals surface area contributed by atoms with Crippen molar-refractivity contribution in [1.29, 1.82) is 0 Å². The molecule has 2 N–H and O–H groups in total. The molecule has 5 nitrogen and oxygen atoms in total. The van der Waals surface area contributed by atoms with Gasteiger partial charge in [-0.1, -0.05) is 5.92 Å². The van der Waals surface area contributed by atoms with Gasteiger partial charge in [0.2, 0.25) is 5.91 Å². The summed E-state index contributed by atoms with van der Waals surface area (Å²) < 4.78 is 5.39. The van der Waals surface area contributed by atoms with Crippen molar-refractivity contribution in [3.63, 3.8) is 0 Å². The van der Waals surface area contributed by atoms with E-state index >= 15 is 0 Å². The number of carbonyl (C=O) groups excluding carboxylic acids is 1. The summed E-state index contributed by atoms with van der Waals surface area (Å²) >= 11 is 0. The quantitative estimate of drug-likeness (QED) is 0.818. The van der Waals surface area contributed by atoms with Crippen LogP contribution < -0.4 is 10.6 Å². The van der Waals surface area contributed by atoms with E-state index < -0.39 is 0 Å². The molecule has 0 aliphatic carbocycles. The number of anilines is 1. The maximum absolute atomic E-state index is 11.7. The Bertz CT molecular complexity index is 640. The number of terminal acetylenes is 1. The standard InChI is InChI=1S/C14H15N3O2/c1-4-7-15-14(18)9(2)16-11-5-6-13-12(8-11)17-10(3)19-13/h1,5-6,8-9,16H,7H2,2-3H3,(H,15,18)/t9-/m1/s1. The van der Waals surface area contributed by atoms with E-state index in [9.17, 15) is 4.79 Å². The van der Waals surface area contributed by atoms with Gasteiger partial charge in [-0.15, -0.1) is 6.42 Å². The maximum Gasteiger partial charge on any atom is 0.242 e. The molecule has 1 amide bonds. The molecule has 1 heterocycles. The Morgan fingerprint density at radius 3 is 3.11 bits per heavy atom. The average molecular weight is 257 g/mol. The number of benzene rings is 1. The molecule has 0 bridgehead atoms. The van der Waals surface area contributed by atoms with E-state index in [1.807, 2.05) is 18.2 Å². The van der Waals surface area contributed by atoms with Gasteiger partial charge in [-0.3, -0.25) is 4.79 Å². The van der Waals surface area contributed by atoms with Crippen LogP contribution in [0.1, 0.15) is 12.8 Å². The highest BCUT2D eigenvalue weighted by molar-refractivity contribution is 5.85. The number of carbonyl (C=O) groups is 1. The third-order valence-corrected chi connectivity index (χ3v) is 2.64. The van der Waals surface area contributed by atoms with E-state index in [4.69, 9.17) is 10.8 Å². The summed E-state index contributed by atoms with van der Waals surface area (Å²) in [4.78, 5) is 15.9. The lowest BCUT2D eigenvalue weighted by atomic mass is 10.2. The molecule has 0 aliphatic rings. The molecule has 1 aromatic heterocycles. The van der Waals surface area contributed by atoms with Crippen molar-refractivity contribution in [2.45, 2.75) is 19.9 Å². The molecule has 0 fully saturated rings. The van der Waals surface area contributed by atoms with Crippen LogP contribution in [0.2, 0.25) is 0 Å². The number of fused-ring (bicyclic) bond motifs is 1. The van der Waals surface area contributed by atoms with Gasteiger partial charge >= 0.3 is 0 Å². The van der Waals surface area contributed by atoms with Gasteiger partial charge in [0.05, 0.1) is 6.54 Å². The third-order valence-electron chi connectivity index (χ3n) is 2.64. The van der Waals surface area contributed by atoms with Gasteiger partial charge in [0, 0.05) is 12.6 Å². The van der Waals surface area contributed by atoms with Crippen molar-refractivity contribution in [3.8, 4) is 12.3 Å². The molecule has 19 heavy (non-hydrogen) atoms. The first-order valence-corrected chi connectivity index (χ1v) is 5.95. The number of nitrogens with zero attached hydrogens (tertiary/aromatic N) is 1. The summed E-state index contributed by atoms with van der Waals surface area (Å²) in [5.74, 6) is 2.84. The van der Waals surface area contributed by atoms with Gasteiger partial charge in [-0.2, -0.15) is 0 Å². The van der Waals surface area contributed by atoms with E-state index in [0.717, 1.165) is 16.8 Å². The molecule has 2 aromatic rings. The fourth-order valence-corrected chi connectivity index (χ4v) is 1.74. The van der Waals surface area contributed by atoms with Gasteiger partial charge in [0.1, 0.15) is 11.6 Å². The fraction of sp³-hybridized carbons (Fsp3) is 0.286. The summed E-state index contributed by atoms with van der Waals surface area (Å²) in [6, 6.07) is 5.14. The second-order valence-electron chi connectivity index (χ2n) is 4.20. The minimum Gasteiger partial charge on any atom is -0.441 e. The molecule has 0 aliphatic heterocycles. The Kier molecular flexibility index (Phi) is 3.71. The number of nitrogens with one attached hydrogen (secondary N) is 2. The molecule has 1 aromatic carbocycles. The normalized spacial score (nSPS) is 11.8. The molecule has 0 saturated carbocycles. The van der Waals surface area contributed by atoms with Crippen LogP contribution in [0, 0.1) is 19.3 Å². The first kappa shape index (κ1) is 13.0. The van der Waals surface area contributed by atoms with E-state index in [2.05, 4.69) is 21.5 Å². The minimum absolute atomic E-state index is 0.144. The SMILES string of the molecule is C#CCNC(=O)[C@@H](C)Nc1ccc2oc(C)nc2c1. The maximum atomic E-state index is 11.7. The van der Waals surface area contributed by atoms with Crippen LogP contribution >= 0.6 is 0 Å². The fourth-order valence-electron chi connectivity index (χ4n) is 1.74. The Labute approximate surface area is 111 Å². The van der Waals surface area contributed by atoms with Gasteiger partial charge in [0.15, 0.2) is 11.5 Å². The lowest BCUT2D eigenvalue weighted by Gasteiger charge is -2.14. The summed E-state index contributed by atoms with van der Waals surface area (Å²) in [5, 5.41) is 5.71. The summed E-state index contributed by atoms with van der Waals surface area (Å²) in [5.41, 5.74) is 2.30. The zero-order chi connectivity index (χ0) is 13.8. The molecular weight excluding hydrogens is 242 g/mol. The Hall–Kier alpha value is -2.48. The molecule has 2 rings (SSSR count). The number of aromatic nitrogens is 1. The lowest BCUT2D eigenvalue weighted by molar-refractivity contribution is -0.121. The van der Waals surface area contributed by atoms with Crippen molar-refractivity contribution in [1.82, 2.24) is 10.3 Å². The predicted molar refractivity (Wildman–Crippen MR) is 73.7 cm³/mol. The van der Waals surface area contributed by atoms with Crippen molar-refractivity contribution >= 4 is 22.7 Å². The zero-order valence-electron chi connectivity index (χ0n) is 10.9. The van der Waals surface area contributed by atoms with Crippen LogP contribution in [0.25, 0.3) is 11.1 Å². The van der Waals surface area contributed by atoms with Crippen molar-refractivity contribution in [2.75, 3.05) is 11.9 Å². The second-order valence-corrected chi connectivity index (χ2v) is 4.20. The molecule has 0 radical (unpaired) electrons. The molecule has 0 unspecified atom stereocenters. The van der Waals surface area contributed by atoms with Crippen LogP contribution in [0.3, 0.4) is 0 Å². The van der Waals surface area contributed by atoms with E-state index in [-0.39, 0.29) is 18.5 Å². The highest BCUT2D eigenvalue weighted by Gasteiger charge is 2.12. The second kappa shape index (κ2) is 5.44. The van der Waals surface area contributed by atoms with E-state index in [0.29, 0.717) is 5.89 Å². The molecule has 0 saturated heterocycles. The van der Waals surface area contributed by atoms with Gasteiger partial charge in [0.25, 0.3) is 0 Å². The largest absolute Gasteiger partial charge is 0.441 e. The van der Waals surface area contributed by atoms with Crippen LogP contribution in [0.5, 0.6) is 0 Å². The van der Waals surface area contributed by atoms with Crippen LogP contribution in [-0.2, 0) is 4.79 Å². The predicted octanol–water partition coefficient (Wildman–Crippen LogP) is 1.69. The number of hydrogen-bond donors (Lipinski definition) is 2. The highest BCUT2D eigenvalue weighted by atomic mass is 16.3. The lowest BCUT2D eigenvalue weighted by Crippen LogP contribution is -2.37. The summed E-state index contributed by atoms with van der Waals surface area (Å²) in [7, 11) is 0. The number of oxazole rings is 1. The molecule has 5 heteroatoms. The first-order valence-electron chi connectivity index (χ1n) is 5.95. The number of aryl methyl sites for hydroxylation is 1. The molecule has 1 atom stereocenters. The monoisotopic (exact) mass is 257 g/mol. The van der Waals surface area contributed by atoms with Crippen LogP contribution in [-0.4, -0.2) is 23.5 Å². The van der Waals surface area contributed by atoms with Crippen LogP contribution in [0.4, 0.5) is 5.69 Å². The Morgan fingerprint density at radius 2 is 2.37 bits per heavy atom. The van der Waals surface area contributed by atoms with Crippen LogP contribution in [0.15, 0.2) is 22.6 Å². The molecule has 0 spiro atoms. The number of hydrogen-bond acceptors (Lipinski definition) is 4. The summed E-state index contributed by atoms with van der Waals surface area (Å²) in [6.45, 7) is 3.79. The zero-order valence-corrected chi connectivity index (χ0v) is 10.9. The van der Waals surface area contributed by atoms with Crippen molar-refractivity contribution in [2.24, 2.45) is 0 Å². The van der Waals surface area contributed by atoms with E-state index in [1.165, 1.54) is 0 Å². The minimum atomic E-state index is -0.376. The highest BCUT2D eigenvalue weighted by Crippen LogP contribution is 2.20. The Balaban J connectivity index is 2.08. The summed E-state index contributed by atoms with van der Waals surface area (Å²) in [6.07, 6.45) is 5.09. The first-order chi connectivity index (χ1) is 9.10. The number of amides is 1. The Morgan fingerprint density at radius 1 is 1.58 bits per heavy atom. The van der Waals surface area contributed by atoms with Crippen molar-refractivity contribution in [3.05, 3.63) is 24.1 Å². The van der Waals surface area contributed by atoms with Gasteiger partial charge in [-0.05, 0) is 25.1 Å². The van der Waals surface area contributed by atoms with E-state index in [1.54, 1.807) is 13.8 Å². The topological polar surface area (TPSA) is 67.2 Å². The number of rotatable bonds is 4. The average Bonchev–Trinajstić information content (AvgIpc) is 2.75.